The third-order valence-corrected chi connectivity index (χ3v) is 4.34. The largest absolute Gasteiger partial charge is 0.493 e. The van der Waals surface area contributed by atoms with E-state index in [-0.39, 0.29) is 35.8 Å². The van der Waals surface area contributed by atoms with Crippen LogP contribution in [0.4, 0.5) is 13.2 Å². The number of nitrogens with one attached hydrogen (secondary N) is 1. The van der Waals surface area contributed by atoms with Gasteiger partial charge in [0.25, 0.3) is 0 Å². The summed E-state index contributed by atoms with van der Waals surface area (Å²) in [6.45, 7) is 0.184. The van der Waals surface area contributed by atoms with Crippen LogP contribution in [0.25, 0.3) is 11.5 Å². The summed E-state index contributed by atoms with van der Waals surface area (Å²) in [5.74, 6) is -0.999. The van der Waals surface area contributed by atoms with Crippen LogP contribution in [0.2, 0.25) is 0 Å². The fourth-order valence-corrected chi connectivity index (χ4v) is 2.92. The Bertz CT molecular complexity index is 777. The van der Waals surface area contributed by atoms with Gasteiger partial charge in [0, 0.05) is 11.6 Å². The molecule has 3 N–H and O–H groups in total. The van der Waals surface area contributed by atoms with E-state index in [9.17, 15) is 18.0 Å². The normalized spacial score (nSPS) is 21.3. The molecule has 9 heteroatoms. The first-order valence-electron chi connectivity index (χ1n) is 7.98. The summed E-state index contributed by atoms with van der Waals surface area (Å²) >= 11 is 0. The van der Waals surface area contributed by atoms with Crippen molar-refractivity contribution in [3.05, 3.63) is 34.3 Å². The molecule has 1 heterocycles. The zero-order valence-electron chi connectivity index (χ0n) is 13.3. The van der Waals surface area contributed by atoms with Crippen LogP contribution in [0.1, 0.15) is 31.2 Å². The van der Waals surface area contributed by atoms with Crippen LogP contribution in [0.5, 0.6) is 5.75 Å². The zero-order valence-corrected chi connectivity index (χ0v) is 13.3. The van der Waals surface area contributed by atoms with Crippen molar-refractivity contribution >= 4 is 0 Å². The molecule has 25 heavy (non-hydrogen) atoms. The Kier molecular flexibility index (Phi) is 4.85. The average molecular weight is 357 g/mol. The number of nitrogens with two attached hydrogens (primary N) is 1. The predicted octanol–water partition coefficient (Wildman–Crippen LogP) is 2.95. The Morgan fingerprint density at radius 1 is 1.28 bits per heavy atom. The third kappa shape index (κ3) is 4.22. The Labute approximate surface area is 141 Å². The summed E-state index contributed by atoms with van der Waals surface area (Å²) < 4.78 is 49.9. The molecule has 1 aromatic heterocycles. The molecule has 0 atom stereocenters. The van der Waals surface area contributed by atoms with Crippen molar-refractivity contribution in [2.75, 3.05) is 6.61 Å². The number of H-pyrrole nitrogens is 1. The van der Waals surface area contributed by atoms with Crippen molar-refractivity contribution < 1.29 is 22.3 Å². The van der Waals surface area contributed by atoms with E-state index in [4.69, 9.17) is 14.9 Å². The first kappa shape index (κ1) is 17.5. The van der Waals surface area contributed by atoms with Gasteiger partial charge >= 0.3 is 11.9 Å². The van der Waals surface area contributed by atoms with E-state index in [1.54, 1.807) is 0 Å². The molecule has 0 saturated heterocycles. The van der Waals surface area contributed by atoms with Gasteiger partial charge in [-0.15, -0.1) is 5.10 Å². The number of aromatic amines is 1. The molecule has 0 radical (unpaired) electrons. The number of benzene rings is 1. The van der Waals surface area contributed by atoms with Gasteiger partial charge in [-0.2, -0.15) is 13.2 Å². The Balaban J connectivity index is 1.82. The van der Waals surface area contributed by atoms with E-state index < -0.39 is 17.5 Å². The van der Waals surface area contributed by atoms with E-state index in [1.165, 1.54) is 12.1 Å². The fourth-order valence-electron chi connectivity index (χ4n) is 2.92. The predicted molar refractivity (Wildman–Crippen MR) is 83.0 cm³/mol. The standard InChI is InChI=1S/C16H18F3N3O3/c17-16(18,19)12-6-3-10(14-21-22-15(23)25-14)7-13(12)24-8-9-1-4-11(20)5-2-9/h3,6-7,9,11H,1-2,4-5,8,20H2,(H,22,23). The van der Waals surface area contributed by atoms with Crippen molar-refractivity contribution in [2.24, 2.45) is 11.7 Å². The highest BCUT2D eigenvalue weighted by Crippen LogP contribution is 2.38. The number of halogens is 3. The lowest BCUT2D eigenvalue weighted by molar-refractivity contribution is -0.139. The van der Waals surface area contributed by atoms with Gasteiger partial charge in [-0.1, -0.05) is 0 Å². The van der Waals surface area contributed by atoms with Gasteiger partial charge in [-0.3, -0.25) is 0 Å². The van der Waals surface area contributed by atoms with Crippen molar-refractivity contribution in [1.82, 2.24) is 10.2 Å². The Hall–Kier alpha value is -2.29. The van der Waals surface area contributed by atoms with Gasteiger partial charge in [0.15, 0.2) is 0 Å². The van der Waals surface area contributed by atoms with E-state index in [0.717, 1.165) is 31.7 Å². The van der Waals surface area contributed by atoms with Crippen molar-refractivity contribution in [2.45, 2.75) is 37.9 Å². The van der Waals surface area contributed by atoms with Crippen LogP contribution in [-0.4, -0.2) is 22.8 Å². The molecule has 2 aromatic rings. The minimum atomic E-state index is -4.55. The zero-order chi connectivity index (χ0) is 18.0. The number of alkyl halides is 3. The highest BCUT2D eigenvalue weighted by molar-refractivity contribution is 5.58. The summed E-state index contributed by atoms with van der Waals surface area (Å²) in [6, 6.07) is 3.44. The molecule has 1 fully saturated rings. The topological polar surface area (TPSA) is 94.1 Å². The molecule has 3 rings (SSSR count). The highest BCUT2D eigenvalue weighted by Gasteiger charge is 2.35. The molecule has 1 saturated carbocycles. The van der Waals surface area contributed by atoms with E-state index in [1.807, 2.05) is 0 Å². The van der Waals surface area contributed by atoms with E-state index in [0.29, 0.717) is 0 Å². The molecule has 1 aromatic carbocycles. The van der Waals surface area contributed by atoms with Crippen LogP contribution >= 0.6 is 0 Å². The van der Waals surface area contributed by atoms with Crippen LogP contribution in [0.15, 0.2) is 27.4 Å². The van der Waals surface area contributed by atoms with Gasteiger partial charge in [0.1, 0.15) is 5.75 Å². The van der Waals surface area contributed by atoms with Gasteiger partial charge < -0.3 is 14.9 Å². The van der Waals surface area contributed by atoms with Gasteiger partial charge in [0.05, 0.1) is 12.2 Å². The fraction of sp³-hybridized carbons (Fsp3) is 0.500. The molecule has 0 aliphatic heterocycles. The maximum atomic E-state index is 13.2. The second-order valence-corrected chi connectivity index (χ2v) is 6.22. The van der Waals surface area contributed by atoms with Crippen LogP contribution in [0.3, 0.4) is 0 Å². The molecular weight excluding hydrogens is 339 g/mol. The molecule has 0 amide bonds. The number of nitrogens with zero attached hydrogens (tertiary/aromatic N) is 1. The highest BCUT2D eigenvalue weighted by atomic mass is 19.4. The SMILES string of the molecule is NC1CCC(COc2cc(-c3n[nH]c(=O)o3)ccc2C(F)(F)F)CC1. The number of hydrogen-bond donors (Lipinski definition) is 2. The second-order valence-electron chi connectivity index (χ2n) is 6.22. The lowest BCUT2D eigenvalue weighted by atomic mass is 9.87. The molecule has 6 nitrogen and oxygen atoms in total. The maximum absolute atomic E-state index is 13.2. The molecule has 0 unspecified atom stereocenters. The summed E-state index contributed by atoms with van der Waals surface area (Å²) in [7, 11) is 0. The van der Waals surface area contributed by atoms with E-state index >= 15 is 0 Å². The van der Waals surface area contributed by atoms with Crippen molar-refractivity contribution in [3.63, 3.8) is 0 Å². The maximum Gasteiger partial charge on any atom is 0.434 e. The quantitative estimate of drug-likeness (QED) is 0.877. The number of aromatic nitrogens is 2. The second kappa shape index (κ2) is 6.91. The van der Waals surface area contributed by atoms with Crippen LogP contribution in [-0.2, 0) is 6.18 Å². The van der Waals surface area contributed by atoms with Crippen molar-refractivity contribution in [1.29, 1.82) is 0 Å². The van der Waals surface area contributed by atoms with Crippen LogP contribution in [0, 0.1) is 5.92 Å². The number of hydrogen-bond acceptors (Lipinski definition) is 5. The molecule has 1 aliphatic rings. The average Bonchev–Trinajstić information content (AvgIpc) is 3.00. The summed E-state index contributed by atoms with van der Waals surface area (Å²) in [5, 5.41) is 5.69. The molecular formula is C16H18F3N3O3. The molecule has 136 valence electrons. The summed E-state index contributed by atoms with van der Waals surface area (Å²) in [4.78, 5) is 11.0. The third-order valence-electron chi connectivity index (χ3n) is 4.34. The van der Waals surface area contributed by atoms with Gasteiger partial charge in [0.2, 0.25) is 5.89 Å². The molecule has 0 spiro atoms. The lowest BCUT2D eigenvalue weighted by Crippen LogP contribution is -2.29. The molecule has 0 bridgehead atoms. The Morgan fingerprint density at radius 3 is 2.60 bits per heavy atom. The first-order chi connectivity index (χ1) is 11.8. The minimum absolute atomic E-state index is 0.0905. The summed E-state index contributed by atoms with van der Waals surface area (Å²) in [6.07, 6.45) is -1.20. The molecule has 1 aliphatic carbocycles. The minimum Gasteiger partial charge on any atom is -0.493 e. The van der Waals surface area contributed by atoms with Gasteiger partial charge in [-0.25, -0.2) is 9.89 Å². The van der Waals surface area contributed by atoms with Crippen molar-refractivity contribution in [3.8, 4) is 17.2 Å². The first-order valence-corrected chi connectivity index (χ1v) is 7.98. The monoisotopic (exact) mass is 357 g/mol. The number of ether oxygens (including phenoxy) is 1. The van der Waals surface area contributed by atoms with Gasteiger partial charge in [-0.05, 0) is 49.8 Å². The number of rotatable bonds is 4. The smallest absolute Gasteiger partial charge is 0.434 e. The van der Waals surface area contributed by atoms with Crippen LogP contribution < -0.4 is 16.2 Å². The summed E-state index contributed by atoms with van der Waals surface area (Å²) in [5.41, 5.74) is 5.19. The Morgan fingerprint density at radius 2 is 2.00 bits per heavy atom. The lowest BCUT2D eigenvalue weighted by Gasteiger charge is -2.26. The van der Waals surface area contributed by atoms with E-state index in [2.05, 4.69) is 10.2 Å².